The number of methoxy groups -OCH3 is 1. The first-order chi connectivity index (χ1) is 6.24. The van der Waals surface area contributed by atoms with E-state index >= 15 is 0 Å². The highest BCUT2D eigenvalue weighted by Gasteiger charge is 2.45. The lowest BCUT2D eigenvalue weighted by molar-refractivity contribution is -0.133. The average molecular weight is 185 g/mol. The topological polar surface area (TPSA) is 55.8 Å². The predicted octanol–water partition coefficient (Wildman–Crippen LogP) is 0.143. The second-order valence-corrected chi connectivity index (χ2v) is 3.20. The van der Waals surface area contributed by atoms with Crippen LogP contribution in [0.4, 0.5) is 4.79 Å². The maximum Gasteiger partial charge on any atom is 0.412 e. The van der Waals surface area contributed by atoms with Crippen molar-refractivity contribution in [2.45, 2.75) is 25.1 Å². The van der Waals surface area contributed by atoms with Crippen molar-refractivity contribution in [2.75, 3.05) is 13.7 Å². The zero-order valence-corrected chi connectivity index (χ0v) is 7.36. The minimum Gasteiger partial charge on any atom is -0.447 e. The minimum atomic E-state index is -0.440. The third-order valence-electron chi connectivity index (χ3n) is 2.50. The number of ketones is 1. The van der Waals surface area contributed by atoms with Gasteiger partial charge in [0.05, 0.1) is 0 Å². The smallest absolute Gasteiger partial charge is 0.412 e. The van der Waals surface area contributed by atoms with Crippen molar-refractivity contribution in [2.24, 2.45) is 0 Å². The van der Waals surface area contributed by atoms with Crippen LogP contribution in [-0.2, 0) is 14.3 Å². The summed E-state index contributed by atoms with van der Waals surface area (Å²) in [6.45, 7) is 0.178. The van der Waals surface area contributed by atoms with E-state index in [0.717, 1.165) is 0 Å². The van der Waals surface area contributed by atoms with Crippen molar-refractivity contribution < 1.29 is 19.1 Å². The van der Waals surface area contributed by atoms with Gasteiger partial charge in [-0.15, -0.1) is 0 Å². The van der Waals surface area contributed by atoms with Crippen LogP contribution in [0.25, 0.3) is 0 Å². The number of ether oxygens (including phenoxy) is 2. The van der Waals surface area contributed by atoms with Gasteiger partial charge in [0.1, 0.15) is 18.9 Å². The molecule has 5 heteroatoms. The van der Waals surface area contributed by atoms with Crippen LogP contribution in [0.15, 0.2) is 0 Å². The molecule has 0 saturated carbocycles. The second-order valence-electron chi connectivity index (χ2n) is 3.20. The molecule has 2 heterocycles. The molecule has 0 spiro atoms. The Labute approximate surface area is 75.6 Å². The van der Waals surface area contributed by atoms with Crippen LogP contribution in [-0.4, -0.2) is 42.8 Å². The first kappa shape index (κ1) is 8.50. The minimum absolute atomic E-state index is 0.0687. The lowest BCUT2D eigenvalue weighted by atomic mass is 10.0. The molecule has 2 rings (SSSR count). The molecule has 2 saturated heterocycles. The largest absolute Gasteiger partial charge is 0.447 e. The van der Waals surface area contributed by atoms with E-state index in [1.54, 1.807) is 0 Å². The highest BCUT2D eigenvalue weighted by atomic mass is 16.6. The van der Waals surface area contributed by atoms with E-state index in [0.29, 0.717) is 12.8 Å². The van der Waals surface area contributed by atoms with Gasteiger partial charge in [-0.3, -0.25) is 9.69 Å². The molecular weight excluding hydrogens is 174 g/mol. The molecule has 5 nitrogen and oxygen atoms in total. The summed E-state index contributed by atoms with van der Waals surface area (Å²) in [7, 11) is 1.53. The van der Waals surface area contributed by atoms with E-state index in [2.05, 4.69) is 0 Å². The molecule has 0 N–H and O–H groups in total. The predicted molar refractivity (Wildman–Crippen MR) is 42.0 cm³/mol. The fraction of sp³-hybridized carbons (Fsp3) is 0.750. The lowest BCUT2D eigenvalue weighted by Gasteiger charge is -2.32. The molecule has 13 heavy (non-hydrogen) atoms. The normalized spacial score (nSPS) is 33.2. The van der Waals surface area contributed by atoms with Crippen LogP contribution in [0.1, 0.15) is 12.8 Å². The highest BCUT2D eigenvalue weighted by Crippen LogP contribution is 2.26. The molecule has 0 aliphatic carbocycles. The van der Waals surface area contributed by atoms with Gasteiger partial charge in [-0.25, -0.2) is 4.79 Å². The molecule has 0 aromatic heterocycles. The maximum absolute atomic E-state index is 11.4. The first-order valence-electron chi connectivity index (χ1n) is 4.24. The molecule has 1 amide bonds. The van der Waals surface area contributed by atoms with Crippen LogP contribution in [0.3, 0.4) is 0 Å². The van der Waals surface area contributed by atoms with Crippen molar-refractivity contribution in [1.29, 1.82) is 0 Å². The van der Waals surface area contributed by atoms with E-state index in [9.17, 15) is 9.59 Å². The van der Waals surface area contributed by atoms with Gasteiger partial charge in [-0.05, 0) is 6.42 Å². The monoisotopic (exact) mass is 185 g/mol. The standard InChI is InChI=1S/C8H11NO4/c1-12-7-3-2-6(10)5-4-13-8(11)9(5)7/h5,7H,2-4H2,1H3/t5-,7-/m1/s1. The molecule has 2 aliphatic heterocycles. The molecule has 0 aromatic rings. The summed E-state index contributed by atoms with van der Waals surface area (Å²) < 4.78 is 9.89. The van der Waals surface area contributed by atoms with Crippen LogP contribution in [0.2, 0.25) is 0 Å². The van der Waals surface area contributed by atoms with Crippen LogP contribution in [0, 0.1) is 0 Å². The number of hydrogen-bond donors (Lipinski definition) is 0. The SMILES string of the molecule is CO[C@@H]1CCC(=O)[C@H]2COC(=O)N21. The summed E-state index contributed by atoms with van der Waals surface area (Å²) in [6.07, 6.45) is 0.305. The van der Waals surface area contributed by atoms with Gasteiger partial charge in [0.2, 0.25) is 0 Å². The molecule has 0 radical (unpaired) electrons. The van der Waals surface area contributed by atoms with Crippen molar-refractivity contribution in [1.82, 2.24) is 4.90 Å². The Hall–Kier alpha value is -1.10. The van der Waals surface area contributed by atoms with E-state index in [-0.39, 0.29) is 18.6 Å². The number of piperidine rings is 1. The molecule has 2 fully saturated rings. The van der Waals surface area contributed by atoms with E-state index in [1.165, 1.54) is 12.0 Å². The summed E-state index contributed by atoms with van der Waals surface area (Å²) in [4.78, 5) is 23.9. The van der Waals surface area contributed by atoms with E-state index in [1.807, 2.05) is 0 Å². The quantitative estimate of drug-likeness (QED) is 0.583. The Morgan fingerprint density at radius 1 is 1.54 bits per heavy atom. The van der Waals surface area contributed by atoms with Gasteiger partial charge >= 0.3 is 6.09 Å². The van der Waals surface area contributed by atoms with Crippen LogP contribution >= 0.6 is 0 Å². The molecule has 0 unspecified atom stereocenters. The number of Topliss-reactive ketones (excluding diaryl/α,β-unsaturated/α-hetero) is 1. The van der Waals surface area contributed by atoms with Gasteiger partial charge in [-0.1, -0.05) is 0 Å². The number of hydrogen-bond acceptors (Lipinski definition) is 4. The van der Waals surface area contributed by atoms with Crippen molar-refractivity contribution in [3.8, 4) is 0 Å². The zero-order valence-electron chi connectivity index (χ0n) is 7.36. The average Bonchev–Trinajstić information content (AvgIpc) is 2.51. The first-order valence-corrected chi connectivity index (χ1v) is 4.24. The fourth-order valence-electron chi connectivity index (χ4n) is 1.80. The summed E-state index contributed by atoms with van der Waals surface area (Å²) >= 11 is 0. The Morgan fingerprint density at radius 2 is 2.31 bits per heavy atom. The van der Waals surface area contributed by atoms with Gasteiger partial charge in [0.25, 0.3) is 0 Å². The molecule has 2 atom stereocenters. The van der Waals surface area contributed by atoms with E-state index in [4.69, 9.17) is 9.47 Å². The van der Waals surface area contributed by atoms with Gasteiger partial charge in [-0.2, -0.15) is 0 Å². The Bertz CT molecular complexity index is 253. The number of amides is 1. The molecule has 2 aliphatic rings. The van der Waals surface area contributed by atoms with Gasteiger partial charge < -0.3 is 9.47 Å². The number of cyclic esters (lactones) is 1. The Balaban J connectivity index is 2.21. The van der Waals surface area contributed by atoms with Crippen molar-refractivity contribution in [3.63, 3.8) is 0 Å². The summed E-state index contributed by atoms with van der Waals surface area (Å²) in [6, 6.07) is -0.411. The van der Waals surface area contributed by atoms with E-state index < -0.39 is 12.1 Å². The zero-order chi connectivity index (χ0) is 9.42. The van der Waals surface area contributed by atoms with Crippen molar-refractivity contribution in [3.05, 3.63) is 0 Å². The number of nitrogens with zero attached hydrogens (tertiary/aromatic N) is 1. The fourth-order valence-corrected chi connectivity index (χ4v) is 1.80. The van der Waals surface area contributed by atoms with Gasteiger partial charge in [0.15, 0.2) is 5.78 Å². The maximum atomic E-state index is 11.4. The van der Waals surface area contributed by atoms with Crippen LogP contribution < -0.4 is 0 Å². The number of fused-ring (bicyclic) bond motifs is 1. The summed E-state index contributed by atoms with van der Waals surface area (Å²) in [5.41, 5.74) is 0. The Morgan fingerprint density at radius 3 is 3.00 bits per heavy atom. The molecule has 0 bridgehead atoms. The third-order valence-corrected chi connectivity index (χ3v) is 2.50. The van der Waals surface area contributed by atoms with Crippen LogP contribution in [0.5, 0.6) is 0 Å². The highest BCUT2D eigenvalue weighted by molar-refractivity contribution is 5.90. The summed E-state index contributed by atoms with van der Waals surface area (Å²) in [5.74, 6) is 0.0687. The second kappa shape index (κ2) is 2.99. The van der Waals surface area contributed by atoms with Gasteiger partial charge in [0, 0.05) is 13.5 Å². The molecular formula is C8H11NO4. The molecule has 0 aromatic carbocycles. The number of carbonyl (C=O) groups is 2. The van der Waals surface area contributed by atoms with Crippen molar-refractivity contribution >= 4 is 11.9 Å². The molecule has 72 valence electrons. The lowest BCUT2D eigenvalue weighted by Crippen LogP contribution is -2.50. The Kier molecular flexibility index (Phi) is 1.95. The summed E-state index contributed by atoms with van der Waals surface area (Å²) in [5, 5.41) is 0. The third kappa shape index (κ3) is 1.19. The number of rotatable bonds is 1. The number of carbonyl (C=O) groups excluding carboxylic acids is 2.